The Balaban J connectivity index is 2.15. The van der Waals surface area contributed by atoms with Crippen molar-refractivity contribution in [1.82, 2.24) is 15.0 Å². The van der Waals surface area contributed by atoms with Gasteiger partial charge in [-0.05, 0) is 11.6 Å². The summed E-state index contributed by atoms with van der Waals surface area (Å²) >= 11 is 5.74. The molecule has 2 heterocycles. The first-order valence-corrected chi connectivity index (χ1v) is 4.86. The number of ether oxygens (including phenoxy) is 2. The Hall–Kier alpha value is -1.14. The fourth-order valence-electron chi connectivity index (χ4n) is 1.01. The third-order valence-corrected chi connectivity index (χ3v) is 2.02. The minimum absolute atomic E-state index is 0.0264. The van der Waals surface area contributed by atoms with E-state index in [0.717, 1.165) is 0 Å². The molecule has 6 nitrogen and oxygen atoms in total. The van der Waals surface area contributed by atoms with E-state index in [1.165, 1.54) is 0 Å². The first-order chi connectivity index (χ1) is 7.15. The van der Waals surface area contributed by atoms with Crippen molar-refractivity contribution in [3.05, 3.63) is 5.28 Å². The predicted octanol–water partition coefficient (Wildman–Crippen LogP) is 0.369. The summed E-state index contributed by atoms with van der Waals surface area (Å²) in [5, 5.41) is 0.129. The van der Waals surface area contributed by atoms with Crippen LogP contribution in [0.2, 0.25) is 5.28 Å². The maximum absolute atomic E-state index is 5.74. The Morgan fingerprint density at radius 1 is 1.33 bits per heavy atom. The molecule has 0 spiro atoms. The van der Waals surface area contributed by atoms with Gasteiger partial charge in [0, 0.05) is 14.1 Å². The van der Waals surface area contributed by atoms with Crippen LogP contribution >= 0.6 is 11.6 Å². The maximum atomic E-state index is 5.74. The summed E-state index contributed by atoms with van der Waals surface area (Å²) < 4.78 is 10.4. The third kappa shape index (κ3) is 2.45. The summed E-state index contributed by atoms with van der Waals surface area (Å²) in [5.41, 5.74) is 0. The molecule has 0 amide bonds. The molecule has 0 bridgehead atoms. The van der Waals surface area contributed by atoms with Gasteiger partial charge in [-0.3, -0.25) is 0 Å². The van der Waals surface area contributed by atoms with Gasteiger partial charge in [0.05, 0.1) is 13.2 Å². The molecule has 82 valence electrons. The van der Waals surface area contributed by atoms with E-state index in [1.807, 2.05) is 14.1 Å². The van der Waals surface area contributed by atoms with E-state index < -0.39 is 0 Å². The van der Waals surface area contributed by atoms with Gasteiger partial charge in [0.25, 0.3) is 0 Å². The highest BCUT2D eigenvalue weighted by atomic mass is 35.5. The van der Waals surface area contributed by atoms with Crippen molar-refractivity contribution >= 4 is 17.5 Å². The van der Waals surface area contributed by atoms with Crippen LogP contribution in [0.3, 0.4) is 0 Å². The predicted molar refractivity (Wildman–Crippen MR) is 54.4 cm³/mol. The van der Waals surface area contributed by atoms with Crippen LogP contribution in [-0.2, 0) is 4.74 Å². The van der Waals surface area contributed by atoms with E-state index in [4.69, 9.17) is 21.1 Å². The molecule has 1 aliphatic heterocycles. The lowest BCUT2D eigenvalue weighted by Crippen LogP contribution is -2.39. The smallest absolute Gasteiger partial charge is 0.323 e. The van der Waals surface area contributed by atoms with Crippen LogP contribution in [-0.4, -0.2) is 48.4 Å². The second-order valence-electron chi connectivity index (χ2n) is 3.36. The molecule has 0 aromatic carbocycles. The largest absolute Gasteiger partial charge is 0.455 e. The Kier molecular flexibility index (Phi) is 2.88. The summed E-state index contributed by atoms with van der Waals surface area (Å²) in [6.45, 7) is 1.14. The molecule has 7 heteroatoms. The number of nitrogens with zero attached hydrogens (tertiary/aromatic N) is 4. The van der Waals surface area contributed by atoms with Gasteiger partial charge in [0.2, 0.25) is 11.2 Å². The van der Waals surface area contributed by atoms with Gasteiger partial charge in [0.1, 0.15) is 6.10 Å². The number of aromatic nitrogens is 3. The molecule has 2 rings (SSSR count). The van der Waals surface area contributed by atoms with E-state index in [2.05, 4.69) is 15.0 Å². The Morgan fingerprint density at radius 2 is 2.07 bits per heavy atom. The number of hydrogen-bond donors (Lipinski definition) is 0. The minimum atomic E-state index is 0.0264. The van der Waals surface area contributed by atoms with Gasteiger partial charge in [-0.1, -0.05) is 0 Å². The van der Waals surface area contributed by atoms with Crippen LogP contribution in [0, 0.1) is 0 Å². The Labute approximate surface area is 92.2 Å². The first kappa shape index (κ1) is 10.4. The van der Waals surface area contributed by atoms with Crippen molar-refractivity contribution in [2.45, 2.75) is 6.10 Å². The van der Waals surface area contributed by atoms with Gasteiger partial charge >= 0.3 is 6.01 Å². The summed E-state index contributed by atoms with van der Waals surface area (Å²) in [5.74, 6) is 0.477. The van der Waals surface area contributed by atoms with Gasteiger partial charge < -0.3 is 14.4 Å². The van der Waals surface area contributed by atoms with Gasteiger partial charge in [0.15, 0.2) is 0 Å². The van der Waals surface area contributed by atoms with Crippen molar-refractivity contribution in [2.75, 3.05) is 32.2 Å². The van der Waals surface area contributed by atoms with E-state index in [-0.39, 0.29) is 17.4 Å². The normalized spacial score (nSPS) is 15.9. The zero-order valence-corrected chi connectivity index (χ0v) is 9.23. The summed E-state index contributed by atoms with van der Waals surface area (Å²) in [6.07, 6.45) is 0.0264. The second-order valence-corrected chi connectivity index (χ2v) is 3.70. The average Bonchev–Trinajstić information content (AvgIpc) is 2.10. The van der Waals surface area contributed by atoms with Crippen LogP contribution in [0.15, 0.2) is 0 Å². The molecule has 1 fully saturated rings. The standard InChI is InChI=1S/C8H11ClN4O2/c1-13(2)7-10-6(9)11-8(12-7)15-5-3-14-4-5/h5H,3-4H2,1-2H3. The molecule has 15 heavy (non-hydrogen) atoms. The quantitative estimate of drug-likeness (QED) is 0.748. The van der Waals surface area contributed by atoms with Crippen molar-refractivity contribution in [2.24, 2.45) is 0 Å². The van der Waals surface area contributed by atoms with E-state index in [1.54, 1.807) is 4.90 Å². The highest BCUT2D eigenvalue weighted by molar-refractivity contribution is 6.28. The Bertz CT molecular complexity index is 356. The first-order valence-electron chi connectivity index (χ1n) is 4.48. The molecule has 1 aliphatic rings. The second kappa shape index (κ2) is 4.16. The molecule has 0 saturated carbocycles. The highest BCUT2D eigenvalue weighted by Crippen LogP contribution is 2.16. The lowest BCUT2D eigenvalue weighted by Gasteiger charge is -2.25. The van der Waals surface area contributed by atoms with E-state index >= 15 is 0 Å². The zero-order valence-electron chi connectivity index (χ0n) is 8.47. The summed E-state index contributed by atoms with van der Waals surface area (Å²) in [6, 6.07) is 0.243. The third-order valence-electron chi connectivity index (χ3n) is 1.86. The van der Waals surface area contributed by atoms with Gasteiger partial charge in [-0.25, -0.2) is 0 Å². The van der Waals surface area contributed by atoms with Crippen molar-refractivity contribution in [3.63, 3.8) is 0 Å². The number of halogens is 1. The van der Waals surface area contributed by atoms with E-state index in [0.29, 0.717) is 19.2 Å². The van der Waals surface area contributed by atoms with Crippen molar-refractivity contribution in [1.29, 1.82) is 0 Å². The fourth-order valence-corrected chi connectivity index (χ4v) is 1.15. The Morgan fingerprint density at radius 3 is 2.60 bits per heavy atom. The van der Waals surface area contributed by atoms with Crippen LogP contribution < -0.4 is 9.64 Å². The molecule has 0 atom stereocenters. The average molecular weight is 231 g/mol. The summed E-state index contributed by atoms with van der Waals surface area (Å²) in [4.78, 5) is 13.6. The van der Waals surface area contributed by atoms with Gasteiger partial charge in [-0.15, -0.1) is 0 Å². The molecular weight excluding hydrogens is 220 g/mol. The monoisotopic (exact) mass is 230 g/mol. The van der Waals surface area contributed by atoms with Crippen molar-refractivity contribution in [3.8, 4) is 6.01 Å². The number of rotatable bonds is 3. The topological polar surface area (TPSA) is 60.4 Å². The molecular formula is C8H11ClN4O2. The van der Waals surface area contributed by atoms with Gasteiger partial charge in [-0.2, -0.15) is 15.0 Å². The highest BCUT2D eigenvalue weighted by Gasteiger charge is 2.22. The fraction of sp³-hybridized carbons (Fsp3) is 0.625. The van der Waals surface area contributed by atoms with Crippen LogP contribution in [0.5, 0.6) is 6.01 Å². The minimum Gasteiger partial charge on any atom is -0.455 e. The van der Waals surface area contributed by atoms with Crippen LogP contribution in [0.25, 0.3) is 0 Å². The molecule has 0 N–H and O–H groups in total. The lowest BCUT2D eigenvalue weighted by atomic mass is 10.3. The zero-order chi connectivity index (χ0) is 10.8. The molecule has 0 unspecified atom stereocenters. The maximum Gasteiger partial charge on any atom is 0.323 e. The molecule has 1 aromatic heterocycles. The number of anilines is 1. The molecule has 0 aliphatic carbocycles. The van der Waals surface area contributed by atoms with E-state index in [9.17, 15) is 0 Å². The summed E-state index contributed by atoms with van der Waals surface area (Å²) in [7, 11) is 3.64. The van der Waals surface area contributed by atoms with Crippen LogP contribution in [0.1, 0.15) is 0 Å². The molecule has 1 aromatic rings. The SMILES string of the molecule is CN(C)c1nc(Cl)nc(OC2COC2)n1. The molecule has 0 radical (unpaired) electrons. The number of hydrogen-bond acceptors (Lipinski definition) is 6. The van der Waals surface area contributed by atoms with Crippen molar-refractivity contribution < 1.29 is 9.47 Å². The molecule has 1 saturated heterocycles. The van der Waals surface area contributed by atoms with Crippen LogP contribution in [0.4, 0.5) is 5.95 Å². The lowest BCUT2D eigenvalue weighted by molar-refractivity contribution is -0.0831.